The fraction of sp³-hybridized carbons (Fsp3) is 0.556. The normalized spacial score (nSPS) is 17.4. The Balaban J connectivity index is 2.11. The molecule has 0 aromatic heterocycles. The highest BCUT2D eigenvalue weighted by Gasteiger charge is 2.38. The van der Waals surface area contributed by atoms with Crippen LogP contribution in [0.25, 0.3) is 0 Å². The van der Waals surface area contributed by atoms with E-state index in [-0.39, 0.29) is 6.09 Å². The Hall–Kier alpha value is -2.06. The molecule has 0 atom stereocenters. The van der Waals surface area contributed by atoms with E-state index in [1.807, 2.05) is 45.0 Å². The van der Waals surface area contributed by atoms with Crippen LogP contribution in [-0.4, -0.2) is 29.7 Å². The second kappa shape index (κ2) is 6.59. The van der Waals surface area contributed by atoms with Gasteiger partial charge in [-0.05, 0) is 44.7 Å². The predicted octanol–water partition coefficient (Wildman–Crippen LogP) is 2.94. The maximum Gasteiger partial charge on any atom is 0.410 e. The van der Waals surface area contributed by atoms with E-state index in [9.17, 15) is 10.1 Å². The van der Waals surface area contributed by atoms with Crippen molar-refractivity contribution in [1.82, 2.24) is 4.90 Å². The maximum absolute atomic E-state index is 12.2. The van der Waals surface area contributed by atoms with Crippen molar-refractivity contribution in [3.8, 4) is 6.07 Å². The molecule has 1 fully saturated rings. The molecular formula is C18H25N3O2. The first-order chi connectivity index (χ1) is 10.8. The molecule has 5 heteroatoms. The van der Waals surface area contributed by atoms with E-state index in [0.717, 1.165) is 11.1 Å². The molecule has 0 bridgehead atoms. The van der Waals surface area contributed by atoms with Crippen LogP contribution in [-0.2, 0) is 16.7 Å². The number of carbonyl (C=O) groups excluding carboxylic acids is 1. The van der Waals surface area contributed by atoms with Crippen LogP contribution in [0.15, 0.2) is 24.3 Å². The molecule has 1 saturated heterocycles. The highest BCUT2D eigenvalue weighted by atomic mass is 16.6. The van der Waals surface area contributed by atoms with Gasteiger partial charge in [-0.2, -0.15) is 5.26 Å². The van der Waals surface area contributed by atoms with Crippen LogP contribution >= 0.6 is 0 Å². The summed E-state index contributed by atoms with van der Waals surface area (Å²) >= 11 is 0. The summed E-state index contributed by atoms with van der Waals surface area (Å²) < 4.78 is 5.41. The quantitative estimate of drug-likeness (QED) is 0.910. The summed E-state index contributed by atoms with van der Waals surface area (Å²) in [5.41, 5.74) is 6.66. The Morgan fingerprint density at radius 3 is 2.57 bits per heavy atom. The van der Waals surface area contributed by atoms with E-state index < -0.39 is 11.0 Å². The van der Waals surface area contributed by atoms with Crippen molar-refractivity contribution in [2.75, 3.05) is 13.1 Å². The van der Waals surface area contributed by atoms with E-state index in [1.165, 1.54) is 0 Å². The minimum Gasteiger partial charge on any atom is -0.444 e. The molecule has 1 heterocycles. The molecule has 0 saturated carbocycles. The molecule has 2 N–H and O–H groups in total. The molecule has 1 aliphatic rings. The highest BCUT2D eigenvalue weighted by molar-refractivity contribution is 5.68. The largest absolute Gasteiger partial charge is 0.444 e. The Morgan fingerprint density at radius 1 is 1.39 bits per heavy atom. The lowest BCUT2D eigenvalue weighted by molar-refractivity contribution is 0.0185. The highest BCUT2D eigenvalue weighted by Crippen LogP contribution is 2.35. The monoisotopic (exact) mass is 315 g/mol. The van der Waals surface area contributed by atoms with Gasteiger partial charge in [0.15, 0.2) is 0 Å². The number of rotatable bonds is 2. The summed E-state index contributed by atoms with van der Waals surface area (Å²) in [6, 6.07) is 10.4. The number of nitrogens with zero attached hydrogens (tertiary/aromatic N) is 2. The molecule has 2 rings (SSSR count). The number of carbonyl (C=O) groups is 1. The van der Waals surface area contributed by atoms with Crippen LogP contribution in [0.5, 0.6) is 0 Å². The fourth-order valence-corrected chi connectivity index (χ4v) is 2.86. The first-order valence-electron chi connectivity index (χ1n) is 7.98. The molecule has 124 valence electrons. The van der Waals surface area contributed by atoms with Crippen molar-refractivity contribution >= 4 is 6.09 Å². The Labute approximate surface area is 138 Å². The first kappa shape index (κ1) is 17.3. The van der Waals surface area contributed by atoms with Gasteiger partial charge in [0, 0.05) is 19.6 Å². The molecule has 1 aromatic rings. The topological polar surface area (TPSA) is 79.3 Å². The van der Waals surface area contributed by atoms with E-state index in [1.54, 1.807) is 4.90 Å². The van der Waals surface area contributed by atoms with Gasteiger partial charge in [0.25, 0.3) is 0 Å². The average Bonchev–Trinajstić information content (AvgIpc) is 2.53. The predicted molar refractivity (Wildman–Crippen MR) is 88.7 cm³/mol. The minimum atomic E-state index is -0.552. The van der Waals surface area contributed by atoms with Gasteiger partial charge in [0.1, 0.15) is 5.60 Å². The number of likely N-dealkylation sites (tertiary alicyclic amines) is 1. The Morgan fingerprint density at radius 2 is 2.04 bits per heavy atom. The fourth-order valence-electron chi connectivity index (χ4n) is 2.86. The number of benzene rings is 1. The van der Waals surface area contributed by atoms with Crippen molar-refractivity contribution < 1.29 is 9.53 Å². The molecule has 0 spiro atoms. The number of nitriles is 1. The number of ether oxygens (including phenoxy) is 1. The smallest absolute Gasteiger partial charge is 0.410 e. The maximum atomic E-state index is 12.2. The van der Waals surface area contributed by atoms with Gasteiger partial charge in [-0.25, -0.2) is 4.79 Å². The first-order valence-corrected chi connectivity index (χ1v) is 7.98. The molecule has 5 nitrogen and oxygen atoms in total. The summed E-state index contributed by atoms with van der Waals surface area (Å²) in [5, 5.41) is 9.75. The second-order valence-corrected chi connectivity index (χ2v) is 7.07. The summed E-state index contributed by atoms with van der Waals surface area (Å²) in [7, 11) is 0. The lowest BCUT2D eigenvalue weighted by Crippen LogP contribution is -2.46. The van der Waals surface area contributed by atoms with E-state index >= 15 is 0 Å². The zero-order valence-corrected chi connectivity index (χ0v) is 14.1. The lowest BCUT2D eigenvalue weighted by Gasteiger charge is -2.38. The van der Waals surface area contributed by atoms with Crippen LogP contribution in [0.3, 0.4) is 0 Å². The molecule has 0 radical (unpaired) electrons. The molecular weight excluding hydrogens is 290 g/mol. The number of piperidine rings is 1. The SMILES string of the molecule is CC(C)(C)OC(=O)N1CCC(C#N)(c2cccc(CN)c2)CC1. The molecule has 1 aromatic carbocycles. The molecule has 1 amide bonds. The summed E-state index contributed by atoms with van der Waals surface area (Å²) in [6.07, 6.45) is 0.910. The summed E-state index contributed by atoms with van der Waals surface area (Å²) in [4.78, 5) is 13.8. The number of amides is 1. The zero-order chi connectivity index (χ0) is 17.1. The Bertz CT molecular complexity index is 605. The summed E-state index contributed by atoms with van der Waals surface area (Å²) in [5.74, 6) is 0. The minimum absolute atomic E-state index is 0.306. The van der Waals surface area contributed by atoms with E-state index in [2.05, 4.69) is 6.07 Å². The van der Waals surface area contributed by atoms with Crippen LogP contribution in [0.4, 0.5) is 4.79 Å². The lowest BCUT2D eigenvalue weighted by atomic mass is 9.74. The summed E-state index contributed by atoms with van der Waals surface area (Å²) in [6.45, 7) is 7.07. The van der Waals surface area contributed by atoms with E-state index in [0.29, 0.717) is 32.5 Å². The van der Waals surface area contributed by atoms with Crippen LogP contribution in [0.2, 0.25) is 0 Å². The molecule has 0 unspecified atom stereocenters. The zero-order valence-electron chi connectivity index (χ0n) is 14.1. The van der Waals surface area contributed by atoms with Gasteiger partial charge < -0.3 is 15.4 Å². The van der Waals surface area contributed by atoms with Crippen molar-refractivity contribution in [3.63, 3.8) is 0 Å². The van der Waals surface area contributed by atoms with Crippen molar-refractivity contribution in [2.45, 2.75) is 51.2 Å². The Kier molecular flexibility index (Phi) is 4.96. The molecule has 0 aliphatic carbocycles. The number of nitrogens with two attached hydrogens (primary N) is 1. The van der Waals surface area contributed by atoms with E-state index in [4.69, 9.17) is 10.5 Å². The van der Waals surface area contributed by atoms with Gasteiger partial charge in [0.05, 0.1) is 11.5 Å². The van der Waals surface area contributed by atoms with Gasteiger partial charge in [-0.15, -0.1) is 0 Å². The number of hydrogen-bond acceptors (Lipinski definition) is 4. The second-order valence-electron chi connectivity index (χ2n) is 7.07. The van der Waals surface area contributed by atoms with Gasteiger partial charge in [-0.3, -0.25) is 0 Å². The van der Waals surface area contributed by atoms with Crippen molar-refractivity contribution in [2.24, 2.45) is 5.73 Å². The average molecular weight is 315 g/mol. The van der Waals surface area contributed by atoms with Crippen LogP contribution in [0, 0.1) is 11.3 Å². The van der Waals surface area contributed by atoms with Crippen LogP contribution < -0.4 is 5.73 Å². The number of hydrogen-bond donors (Lipinski definition) is 1. The third-order valence-corrected chi connectivity index (χ3v) is 4.20. The van der Waals surface area contributed by atoms with Gasteiger partial charge >= 0.3 is 6.09 Å². The molecule has 1 aliphatic heterocycles. The third-order valence-electron chi connectivity index (χ3n) is 4.20. The third kappa shape index (κ3) is 4.02. The molecule has 23 heavy (non-hydrogen) atoms. The van der Waals surface area contributed by atoms with Gasteiger partial charge in [-0.1, -0.05) is 24.3 Å². The van der Waals surface area contributed by atoms with Crippen LogP contribution in [0.1, 0.15) is 44.7 Å². The standard InChI is InChI=1S/C18H25N3O2/c1-17(2,3)23-16(22)21-9-7-18(13-20,8-10-21)15-6-4-5-14(11-15)12-19/h4-6,11H,7-10,12,19H2,1-3H3. The van der Waals surface area contributed by atoms with Crippen molar-refractivity contribution in [1.29, 1.82) is 5.26 Å². The van der Waals surface area contributed by atoms with Crippen molar-refractivity contribution in [3.05, 3.63) is 35.4 Å². The van der Waals surface area contributed by atoms with Gasteiger partial charge in [0.2, 0.25) is 0 Å².